The number of ether oxygens (including phenoxy) is 2. The van der Waals surface area contributed by atoms with E-state index in [9.17, 15) is 14.7 Å². The number of ketones is 1. The van der Waals surface area contributed by atoms with Crippen molar-refractivity contribution in [3.63, 3.8) is 0 Å². The number of hydrogen-bond donors (Lipinski definition) is 1. The van der Waals surface area contributed by atoms with Crippen molar-refractivity contribution in [2.45, 2.75) is 13.8 Å². The Kier molecular flexibility index (Phi) is 5.11. The van der Waals surface area contributed by atoms with Gasteiger partial charge < -0.3 is 14.6 Å². The molecule has 1 aromatic rings. The van der Waals surface area contributed by atoms with E-state index >= 15 is 0 Å². The molecule has 19 heavy (non-hydrogen) atoms. The van der Waals surface area contributed by atoms with E-state index in [-0.39, 0.29) is 6.61 Å². The van der Waals surface area contributed by atoms with E-state index in [0.717, 1.165) is 12.7 Å². The Morgan fingerprint density at radius 3 is 2.53 bits per heavy atom. The molecule has 0 spiro atoms. The van der Waals surface area contributed by atoms with Gasteiger partial charge >= 0.3 is 5.97 Å². The Morgan fingerprint density at radius 2 is 2.00 bits per heavy atom. The summed E-state index contributed by atoms with van der Waals surface area (Å²) in [7, 11) is 1.14. The van der Waals surface area contributed by atoms with Crippen LogP contribution in [0.2, 0.25) is 0 Å². The topological polar surface area (TPSA) is 72.8 Å². The predicted octanol–water partition coefficient (Wildman–Crippen LogP) is 1.95. The molecular weight excluding hydrogens is 248 g/mol. The maximum Gasteiger partial charge on any atom is 0.345 e. The van der Waals surface area contributed by atoms with Gasteiger partial charge in [-0.05, 0) is 31.5 Å². The van der Waals surface area contributed by atoms with Crippen LogP contribution in [0.3, 0.4) is 0 Å². The fraction of sp³-hybridized carbons (Fsp3) is 0.286. The molecular formula is C14H16O5. The molecule has 1 rings (SSSR count). The second kappa shape index (κ2) is 6.58. The first-order valence-electron chi connectivity index (χ1n) is 5.66. The Hall–Kier alpha value is -2.30. The van der Waals surface area contributed by atoms with Gasteiger partial charge in [-0.15, -0.1) is 0 Å². The Labute approximate surface area is 111 Å². The number of benzene rings is 1. The van der Waals surface area contributed by atoms with Gasteiger partial charge in [0.25, 0.3) is 0 Å². The van der Waals surface area contributed by atoms with Gasteiger partial charge in [0.15, 0.2) is 5.78 Å². The molecule has 0 aliphatic heterocycles. The van der Waals surface area contributed by atoms with Crippen LogP contribution in [-0.4, -0.2) is 30.6 Å². The summed E-state index contributed by atoms with van der Waals surface area (Å²) < 4.78 is 9.74. The van der Waals surface area contributed by atoms with Crippen LogP contribution < -0.4 is 4.74 Å². The lowest BCUT2D eigenvalue weighted by Crippen LogP contribution is -2.17. The number of methoxy groups -OCH3 is 1. The highest BCUT2D eigenvalue weighted by Gasteiger charge is 2.21. The number of aliphatic hydroxyl groups is 1. The summed E-state index contributed by atoms with van der Waals surface area (Å²) in [6.45, 7) is 2.81. The van der Waals surface area contributed by atoms with Gasteiger partial charge in [0.05, 0.1) is 7.11 Å². The van der Waals surface area contributed by atoms with Gasteiger partial charge in [-0.25, -0.2) is 4.79 Å². The zero-order chi connectivity index (χ0) is 14.4. The Morgan fingerprint density at radius 1 is 1.32 bits per heavy atom. The lowest BCUT2D eigenvalue weighted by Gasteiger charge is -2.09. The van der Waals surface area contributed by atoms with Crippen LogP contribution >= 0.6 is 0 Å². The van der Waals surface area contributed by atoms with Crippen molar-refractivity contribution >= 4 is 11.8 Å². The average Bonchev–Trinajstić information content (AvgIpc) is 2.36. The molecule has 0 aliphatic rings. The van der Waals surface area contributed by atoms with Gasteiger partial charge in [-0.2, -0.15) is 0 Å². The van der Waals surface area contributed by atoms with E-state index in [1.165, 1.54) is 6.92 Å². The summed E-state index contributed by atoms with van der Waals surface area (Å²) >= 11 is 0. The molecule has 0 aliphatic carbocycles. The van der Waals surface area contributed by atoms with Crippen molar-refractivity contribution in [1.29, 1.82) is 0 Å². The lowest BCUT2D eigenvalue weighted by molar-refractivity contribution is -0.137. The van der Waals surface area contributed by atoms with E-state index < -0.39 is 23.1 Å². The van der Waals surface area contributed by atoms with Gasteiger partial charge in [0.1, 0.15) is 23.7 Å². The highest BCUT2D eigenvalue weighted by atomic mass is 16.5. The van der Waals surface area contributed by atoms with Crippen molar-refractivity contribution in [2.24, 2.45) is 0 Å². The smallest absolute Gasteiger partial charge is 0.345 e. The van der Waals surface area contributed by atoms with Crippen molar-refractivity contribution < 1.29 is 24.2 Å². The van der Waals surface area contributed by atoms with Crippen molar-refractivity contribution in [2.75, 3.05) is 13.7 Å². The van der Waals surface area contributed by atoms with Crippen LogP contribution in [0.5, 0.6) is 5.75 Å². The average molecular weight is 264 g/mol. The summed E-state index contributed by atoms with van der Waals surface area (Å²) in [6, 6.07) is 7.19. The fourth-order valence-electron chi connectivity index (χ4n) is 1.50. The molecule has 5 heteroatoms. The second-order valence-corrected chi connectivity index (χ2v) is 3.97. The third kappa shape index (κ3) is 4.13. The zero-order valence-corrected chi connectivity index (χ0v) is 11.1. The predicted molar refractivity (Wildman–Crippen MR) is 69.0 cm³/mol. The molecule has 5 nitrogen and oxygen atoms in total. The second-order valence-electron chi connectivity index (χ2n) is 3.97. The molecule has 0 saturated carbocycles. The Bertz CT molecular complexity index is 516. The molecule has 1 aromatic carbocycles. The number of Topliss-reactive ketones (excluding diaryl/α,β-unsaturated/α-hetero) is 1. The van der Waals surface area contributed by atoms with Crippen LogP contribution in [0, 0.1) is 6.92 Å². The van der Waals surface area contributed by atoms with Crippen LogP contribution in [0.25, 0.3) is 0 Å². The van der Waals surface area contributed by atoms with Gasteiger partial charge in [-0.1, -0.05) is 12.1 Å². The maximum atomic E-state index is 11.3. The van der Waals surface area contributed by atoms with Crippen LogP contribution in [0.1, 0.15) is 12.5 Å². The van der Waals surface area contributed by atoms with Crippen LogP contribution in [-0.2, 0) is 14.3 Å². The maximum absolute atomic E-state index is 11.3. The molecule has 102 valence electrons. The third-order valence-corrected chi connectivity index (χ3v) is 2.40. The number of carbonyl (C=O) groups excluding carboxylic acids is 2. The summed E-state index contributed by atoms with van der Waals surface area (Å²) in [4.78, 5) is 22.6. The molecule has 0 heterocycles. The number of hydrogen-bond acceptors (Lipinski definition) is 5. The third-order valence-electron chi connectivity index (χ3n) is 2.40. The minimum atomic E-state index is -0.877. The zero-order valence-electron chi connectivity index (χ0n) is 11.1. The molecule has 1 N–H and O–H groups in total. The van der Waals surface area contributed by atoms with Crippen molar-refractivity contribution in [3.05, 3.63) is 41.2 Å². The Balaban J connectivity index is 2.84. The molecule has 0 amide bonds. The van der Waals surface area contributed by atoms with Gasteiger partial charge in [-0.3, -0.25) is 4.79 Å². The molecule has 0 bridgehead atoms. The van der Waals surface area contributed by atoms with E-state index in [2.05, 4.69) is 4.74 Å². The minimum Gasteiger partial charge on any atom is -0.508 e. The largest absolute Gasteiger partial charge is 0.508 e. The van der Waals surface area contributed by atoms with E-state index in [1.54, 1.807) is 18.2 Å². The van der Waals surface area contributed by atoms with Crippen LogP contribution in [0.15, 0.2) is 35.6 Å². The normalized spacial score (nSPS) is 11.5. The highest BCUT2D eigenvalue weighted by Crippen LogP contribution is 2.14. The number of aliphatic hydroxyl groups excluding tert-OH is 1. The first-order chi connectivity index (χ1) is 8.95. The minimum absolute atomic E-state index is 0.270. The standard InChI is InChI=1S/C14H16O5/c1-9-5-4-6-11(7-9)19-8-12(16)13(10(2)15)14(17)18-3/h4-7,16H,8H2,1-3H3/b13-12+. The number of rotatable bonds is 5. The SMILES string of the molecule is COC(=O)/C(C(C)=O)=C(/O)COc1cccc(C)c1. The summed E-state index contributed by atoms with van der Waals surface area (Å²) in [5, 5.41) is 9.74. The van der Waals surface area contributed by atoms with Crippen molar-refractivity contribution in [1.82, 2.24) is 0 Å². The number of esters is 1. The van der Waals surface area contributed by atoms with Gasteiger partial charge in [0.2, 0.25) is 0 Å². The van der Waals surface area contributed by atoms with E-state index in [1.807, 2.05) is 13.0 Å². The highest BCUT2D eigenvalue weighted by molar-refractivity contribution is 6.16. The molecule has 0 saturated heterocycles. The lowest BCUT2D eigenvalue weighted by atomic mass is 10.1. The summed E-state index contributed by atoms with van der Waals surface area (Å²) in [6.07, 6.45) is 0. The van der Waals surface area contributed by atoms with Crippen LogP contribution in [0.4, 0.5) is 0 Å². The molecule has 0 fully saturated rings. The number of carbonyl (C=O) groups is 2. The molecule has 0 aromatic heterocycles. The molecule has 0 unspecified atom stereocenters. The number of aryl methyl sites for hydroxylation is 1. The summed E-state index contributed by atoms with van der Waals surface area (Å²) in [5.74, 6) is -1.35. The fourth-order valence-corrected chi connectivity index (χ4v) is 1.50. The van der Waals surface area contributed by atoms with Crippen molar-refractivity contribution in [3.8, 4) is 5.75 Å². The first-order valence-corrected chi connectivity index (χ1v) is 5.66. The van der Waals surface area contributed by atoms with Gasteiger partial charge in [0, 0.05) is 0 Å². The first kappa shape index (κ1) is 14.8. The van der Waals surface area contributed by atoms with E-state index in [0.29, 0.717) is 5.75 Å². The monoisotopic (exact) mass is 264 g/mol. The molecule has 0 atom stereocenters. The molecule has 0 radical (unpaired) electrons. The summed E-state index contributed by atoms with van der Waals surface area (Å²) in [5.41, 5.74) is 0.607. The van der Waals surface area contributed by atoms with E-state index in [4.69, 9.17) is 4.74 Å². The quantitative estimate of drug-likeness (QED) is 0.289.